The molecule has 0 aliphatic carbocycles. The van der Waals surface area contributed by atoms with Gasteiger partial charge in [-0.3, -0.25) is 0 Å². The second-order valence-corrected chi connectivity index (χ2v) is 3.99. The van der Waals surface area contributed by atoms with Gasteiger partial charge in [0.2, 0.25) is 0 Å². The van der Waals surface area contributed by atoms with Crippen molar-refractivity contribution in [3.63, 3.8) is 0 Å². The molecule has 0 aliphatic rings. The van der Waals surface area contributed by atoms with Crippen molar-refractivity contribution in [2.75, 3.05) is 6.54 Å². The molecule has 0 unspecified atom stereocenters. The first kappa shape index (κ1) is 11.0. The van der Waals surface area contributed by atoms with E-state index >= 15 is 0 Å². The lowest BCUT2D eigenvalue weighted by Gasteiger charge is -2.13. The fourth-order valence-corrected chi connectivity index (χ4v) is 2.18. The highest BCUT2D eigenvalue weighted by atomic mass is 79.9. The number of halogens is 2. The Balaban J connectivity index is 2.98. The second kappa shape index (κ2) is 4.96. The van der Waals surface area contributed by atoms with Gasteiger partial charge < -0.3 is 10.8 Å². The number of hydrogen-bond donors (Lipinski definition) is 2. The monoisotopic (exact) mass is 263 g/mol. The Labute approximate surface area is 90.8 Å². The van der Waals surface area contributed by atoms with Crippen molar-refractivity contribution in [3.05, 3.63) is 33.3 Å². The van der Waals surface area contributed by atoms with Crippen molar-refractivity contribution >= 4 is 27.5 Å². The van der Waals surface area contributed by atoms with Crippen LogP contribution in [0.15, 0.2) is 22.7 Å². The molecule has 3 N–H and O–H groups in total. The molecule has 0 radical (unpaired) electrons. The van der Waals surface area contributed by atoms with Crippen LogP contribution in [0.3, 0.4) is 0 Å². The summed E-state index contributed by atoms with van der Waals surface area (Å²) in [7, 11) is 0. The first-order valence-corrected chi connectivity index (χ1v) is 5.16. The van der Waals surface area contributed by atoms with E-state index in [1.807, 2.05) is 12.1 Å². The van der Waals surface area contributed by atoms with Gasteiger partial charge in [0.15, 0.2) is 0 Å². The van der Waals surface area contributed by atoms with E-state index in [4.69, 9.17) is 17.3 Å². The van der Waals surface area contributed by atoms with E-state index < -0.39 is 6.10 Å². The molecule has 0 aliphatic heterocycles. The topological polar surface area (TPSA) is 46.2 Å². The molecule has 0 spiro atoms. The highest BCUT2D eigenvalue weighted by Crippen LogP contribution is 2.31. The summed E-state index contributed by atoms with van der Waals surface area (Å²) in [4.78, 5) is 0. The van der Waals surface area contributed by atoms with Gasteiger partial charge in [0.05, 0.1) is 6.10 Å². The van der Waals surface area contributed by atoms with Gasteiger partial charge in [-0.05, 0) is 25.1 Å². The normalized spacial score (nSPS) is 12.9. The molecule has 0 fully saturated rings. The lowest BCUT2D eigenvalue weighted by molar-refractivity contribution is 0.169. The fourth-order valence-electron chi connectivity index (χ4n) is 1.13. The van der Waals surface area contributed by atoms with Gasteiger partial charge in [-0.15, -0.1) is 0 Å². The molecule has 0 amide bonds. The second-order valence-electron chi connectivity index (χ2n) is 2.73. The molecule has 72 valence electrons. The summed E-state index contributed by atoms with van der Waals surface area (Å²) in [5, 5.41) is 10.3. The van der Waals surface area contributed by atoms with Crippen molar-refractivity contribution in [3.8, 4) is 0 Å². The van der Waals surface area contributed by atoms with Gasteiger partial charge in [0.1, 0.15) is 0 Å². The van der Waals surface area contributed by atoms with Crippen LogP contribution in [0.25, 0.3) is 0 Å². The van der Waals surface area contributed by atoms with Gasteiger partial charge in [0.25, 0.3) is 0 Å². The van der Waals surface area contributed by atoms with E-state index in [2.05, 4.69) is 15.9 Å². The number of nitrogens with two attached hydrogens (primary N) is 1. The first-order valence-electron chi connectivity index (χ1n) is 3.99. The molecule has 1 rings (SSSR count). The largest absolute Gasteiger partial charge is 0.388 e. The molecule has 2 nitrogen and oxygen atoms in total. The van der Waals surface area contributed by atoms with Crippen molar-refractivity contribution in [1.29, 1.82) is 0 Å². The molecule has 0 aromatic heterocycles. The minimum atomic E-state index is -0.590. The smallest absolute Gasteiger partial charge is 0.0827 e. The lowest BCUT2D eigenvalue weighted by atomic mass is 10.1. The van der Waals surface area contributed by atoms with E-state index in [0.717, 1.165) is 10.0 Å². The number of rotatable bonds is 3. The van der Waals surface area contributed by atoms with Crippen LogP contribution in [0.1, 0.15) is 18.1 Å². The van der Waals surface area contributed by atoms with Gasteiger partial charge in [-0.25, -0.2) is 0 Å². The average molecular weight is 265 g/mol. The third-order valence-electron chi connectivity index (χ3n) is 1.77. The minimum absolute atomic E-state index is 0.443. The third kappa shape index (κ3) is 2.68. The first-order chi connectivity index (χ1) is 6.16. The van der Waals surface area contributed by atoms with Crippen LogP contribution in [0.5, 0.6) is 0 Å². The van der Waals surface area contributed by atoms with Gasteiger partial charge >= 0.3 is 0 Å². The van der Waals surface area contributed by atoms with E-state index in [-0.39, 0.29) is 0 Å². The number of benzene rings is 1. The molecule has 1 aromatic carbocycles. The van der Waals surface area contributed by atoms with E-state index in [9.17, 15) is 5.11 Å². The quantitative estimate of drug-likeness (QED) is 0.881. The van der Waals surface area contributed by atoms with Gasteiger partial charge in [0, 0.05) is 15.1 Å². The number of aliphatic hydroxyl groups is 1. The van der Waals surface area contributed by atoms with E-state index in [1.165, 1.54) is 0 Å². The SMILES string of the molecule is NCC[C@H](O)c1c(Cl)cccc1Br. The Morgan fingerprint density at radius 2 is 2.23 bits per heavy atom. The lowest BCUT2D eigenvalue weighted by Crippen LogP contribution is -2.07. The molecule has 1 aromatic rings. The summed E-state index contributed by atoms with van der Waals surface area (Å²) in [6.45, 7) is 0.443. The molecule has 4 heteroatoms. The van der Waals surface area contributed by atoms with Crippen LogP contribution < -0.4 is 5.73 Å². The zero-order chi connectivity index (χ0) is 9.84. The summed E-state index contributed by atoms with van der Waals surface area (Å²) in [5.41, 5.74) is 6.07. The van der Waals surface area contributed by atoms with Crippen LogP contribution in [0.2, 0.25) is 5.02 Å². The molecule has 0 heterocycles. The zero-order valence-corrected chi connectivity index (χ0v) is 9.35. The molecular weight excluding hydrogens is 253 g/mol. The van der Waals surface area contributed by atoms with E-state index in [0.29, 0.717) is 18.0 Å². The molecule has 1 atom stereocenters. The van der Waals surface area contributed by atoms with Crippen LogP contribution in [0, 0.1) is 0 Å². The number of aliphatic hydroxyl groups excluding tert-OH is 1. The Morgan fingerprint density at radius 1 is 1.54 bits per heavy atom. The van der Waals surface area contributed by atoms with Gasteiger partial charge in [-0.1, -0.05) is 33.6 Å². The zero-order valence-electron chi connectivity index (χ0n) is 7.00. The third-order valence-corrected chi connectivity index (χ3v) is 2.79. The molecule has 13 heavy (non-hydrogen) atoms. The van der Waals surface area contributed by atoms with Crippen LogP contribution in [0.4, 0.5) is 0 Å². The van der Waals surface area contributed by atoms with Crippen molar-refractivity contribution in [2.24, 2.45) is 5.73 Å². The predicted octanol–water partition coefficient (Wildman–Crippen LogP) is 2.48. The highest BCUT2D eigenvalue weighted by molar-refractivity contribution is 9.10. The maximum Gasteiger partial charge on any atom is 0.0827 e. The molecule has 0 saturated heterocycles. The van der Waals surface area contributed by atoms with Crippen molar-refractivity contribution in [1.82, 2.24) is 0 Å². The van der Waals surface area contributed by atoms with Crippen molar-refractivity contribution < 1.29 is 5.11 Å². The molecular formula is C9H11BrClNO. The molecule has 0 saturated carbocycles. The summed E-state index contributed by atoms with van der Waals surface area (Å²) in [6.07, 6.45) is -0.0735. The Bertz CT molecular complexity index is 273. The van der Waals surface area contributed by atoms with Crippen LogP contribution in [-0.2, 0) is 0 Å². The minimum Gasteiger partial charge on any atom is -0.388 e. The average Bonchev–Trinajstić information content (AvgIpc) is 2.04. The van der Waals surface area contributed by atoms with Gasteiger partial charge in [-0.2, -0.15) is 0 Å². The Kier molecular flexibility index (Phi) is 4.19. The predicted molar refractivity (Wildman–Crippen MR) is 57.8 cm³/mol. The molecule has 0 bridgehead atoms. The van der Waals surface area contributed by atoms with Crippen LogP contribution >= 0.6 is 27.5 Å². The summed E-state index contributed by atoms with van der Waals surface area (Å²) < 4.78 is 0.820. The summed E-state index contributed by atoms with van der Waals surface area (Å²) >= 11 is 9.26. The van der Waals surface area contributed by atoms with E-state index in [1.54, 1.807) is 6.07 Å². The fraction of sp³-hybridized carbons (Fsp3) is 0.333. The maximum absolute atomic E-state index is 9.69. The summed E-state index contributed by atoms with van der Waals surface area (Å²) in [6, 6.07) is 5.42. The van der Waals surface area contributed by atoms with Crippen LogP contribution in [-0.4, -0.2) is 11.7 Å². The highest BCUT2D eigenvalue weighted by Gasteiger charge is 2.13. The number of hydrogen-bond acceptors (Lipinski definition) is 2. The standard InChI is InChI=1S/C9H11BrClNO/c10-6-2-1-3-7(11)9(6)8(13)4-5-12/h1-3,8,13H,4-5,12H2/t8-/m0/s1. The summed E-state index contributed by atoms with van der Waals surface area (Å²) in [5.74, 6) is 0. The Morgan fingerprint density at radius 3 is 2.77 bits per heavy atom. The Hall–Kier alpha value is -0.0900. The maximum atomic E-state index is 9.69. The van der Waals surface area contributed by atoms with Crippen molar-refractivity contribution in [2.45, 2.75) is 12.5 Å².